The molecule has 0 saturated carbocycles. The molecule has 18 heavy (non-hydrogen) atoms. The molecule has 1 saturated heterocycles. The van der Waals surface area contributed by atoms with E-state index in [0.717, 1.165) is 37.2 Å². The Morgan fingerprint density at radius 3 is 2.67 bits per heavy atom. The number of rotatable bonds is 3. The fourth-order valence-corrected chi connectivity index (χ4v) is 2.30. The van der Waals surface area contributed by atoms with Gasteiger partial charge in [-0.15, -0.1) is 0 Å². The summed E-state index contributed by atoms with van der Waals surface area (Å²) in [6.07, 6.45) is 2.18. The number of hydrogen-bond donors (Lipinski definition) is 1. The standard InChI is InChI=1S/C14H19FN2O/c1-10-9-12(15)5-6-13(10)16-11(2)14(18)17-7-3-4-8-17/h5-6,9,11,16H,3-4,7-8H2,1-2H3. The third kappa shape index (κ3) is 2.81. The minimum absolute atomic E-state index is 0.122. The molecule has 0 aromatic heterocycles. The Hall–Kier alpha value is -1.58. The SMILES string of the molecule is Cc1cc(F)ccc1NC(C)C(=O)N1CCCC1. The predicted molar refractivity (Wildman–Crippen MR) is 70.0 cm³/mol. The van der Waals surface area contributed by atoms with E-state index in [1.54, 1.807) is 6.07 Å². The Kier molecular flexibility index (Phi) is 3.84. The highest BCUT2D eigenvalue weighted by atomic mass is 19.1. The molecule has 3 nitrogen and oxygen atoms in total. The molecule has 0 bridgehead atoms. The van der Waals surface area contributed by atoms with Crippen molar-refractivity contribution in [3.05, 3.63) is 29.6 Å². The van der Waals surface area contributed by atoms with E-state index in [4.69, 9.17) is 0 Å². The number of anilines is 1. The van der Waals surface area contributed by atoms with E-state index < -0.39 is 0 Å². The van der Waals surface area contributed by atoms with Gasteiger partial charge in [0.15, 0.2) is 0 Å². The average Bonchev–Trinajstić information content (AvgIpc) is 2.85. The molecule has 98 valence electrons. The molecule has 4 heteroatoms. The molecule has 1 unspecified atom stereocenters. The summed E-state index contributed by atoms with van der Waals surface area (Å²) in [6.45, 7) is 5.39. The molecule has 1 amide bonds. The first-order chi connectivity index (χ1) is 8.58. The zero-order valence-corrected chi connectivity index (χ0v) is 10.9. The van der Waals surface area contributed by atoms with Crippen LogP contribution < -0.4 is 5.32 Å². The summed E-state index contributed by atoms with van der Waals surface area (Å²) in [4.78, 5) is 14.0. The smallest absolute Gasteiger partial charge is 0.244 e. The van der Waals surface area contributed by atoms with E-state index >= 15 is 0 Å². The molecule has 0 radical (unpaired) electrons. The monoisotopic (exact) mass is 250 g/mol. The van der Waals surface area contributed by atoms with Gasteiger partial charge < -0.3 is 10.2 Å². The highest BCUT2D eigenvalue weighted by molar-refractivity contribution is 5.84. The lowest BCUT2D eigenvalue weighted by Gasteiger charge is -2.22. The Morgan fingerprint density at radius 2 is 2.06 bits per heavy atom. The second-order valence-electron chi connectivity index (χ2n) is 4.86. The van der Waals surface area contributed by atoms with Crippen LogP contribution >= 0.6 is 0 Å². The quantitative estimate of drug-likeness (QED) is 0.894. The summed E-state index contributed by atoms with van der Waals surface area (Å²) in [5.74, 6) is -0.132. The van der Waals surface area contributed by atoms with E-state index in [-0.39, 0.29) is 17.8 Å². The molecular weight excluding hydrogens is 231 g/mol. The van der Waals surface area contributed by atoms with Crippen LogP contribution in [0.25, 0.3) is 0 Å². The molecule has 1 N–H and O–H groups in total. The molecule has 1 aliphatic heterocycles. The maximum Gasteiger partial charge on any atom is 0.244 e. The molecule has 0 aliphatic carbocycles. The number of nitrogens with zero attached hydrogens (tertiary/aromatic N) is 1. The maximum atomic E-state index is 13.0. The Labute approximate surface area is 107 Å². The lowest BCUT2D eigenvalue weighted by molar-refractivity contribution is -0.130. The van der Waals surface area contributed by atoms with Crippen LogP contribution in [0.2, 0.25) is 0 Å². The Morgan fingerprint density at radius 1 is 1.39 bits per heavy atom. The van der Waals surface area contributed by atoms with Crippen molar-refractivity contribution < 1.29 is 9.18 Å². The lowest BCUT2D eigenvalue weighted by atomic mass is 10.1. The van der Waals surface area contributed by atoms with Crippen molar-refractivity contribution in [2.45, 2.75) is 32.7 Å². The first-order valence-electron chi connectivity index (χ1n) is 6.39. The number of halogens is 1. The van der Waals surface area contributed by atoms with Gasteiger partial charge >= 0.3 is 0 Å². The average molecular weight is 250 g/mol. The number of likely N-dealkylation sites (tertiary alicyclic amines) is 1. The second kappa shape index (κ2) is 5.38. The summed E-state index contributed by atoms with van der Waals surface area (Å²) < 4.78 is 13.0. The highest BCUT2D eigenvalue weighted by Crippen LogP contribution is 2.18. The van der Waals surface area contributed by atoms with Crippen LogP contribution in [0.3, 0.4) is 0 Å². The highest BCUT2D eigenvalue weighted by Gasteiger charge is 2.23. The van der Waals surface area contributed by atoms with Crippen LogP contribution in [0.15, 0.2) is 18.2 Å². The molecule has 0 spiro atoms. The molecule has 1 atom stereocenters. The minimum Gasteiger partial charge on any atom is -0.374 e. The molecule has 1 aromatic carbocycles. The van der Waals surface area contributed by atoms with E-state index in [2.05, 4.69) is 5.32 Å². The zero-order chi connectivity index (χ0) is 13.1. The number of hydrogen-bond acceptors (Lipinski definition) is 2. The molecule has 1 fully saturated rings. The summed E-state index contributed by atoms with van der Waals surface area (Å²) in [6, 6.07) is 4.28. The fraction of sp³-hybridized carbons (Fsp3) is 0.500. The van der Waals surface area contributed by atoms with E-state index in [9.17, 15) is 9.18 Å². The Bertz CT molecular complexity index is 441. The van der Waals surface area contributed by atoms with E-state index in [0.29, 0.717) is 0 Å². The molecule has 1 aliphatic rings. The number of carbonyl (C=O) groups is 1. The Balaban J connectivity index is 2.01. The van der Waals surface area contributed by atoms with Gasteiger partial charge in [-0.1, -0.05) is 0 Å². The van der Waals surface area contributed by atoms with Gasteiger partial charge in [0.05, 0.1) is 0 Å². The summed E-state index contributed by atoms with van der Waals surface area (Å²) >= 11 is 0. The van der Waals surface area contributed by atoms with E-state index in [1.807, 2.05) is 18.7 Å². The molecular formula is C14H19FN2O. The van der Waals surface area contributed by atoms with Crippen LogP contribution in [0.1, 0.15) is 25.3 Å². The molecule has 2 rings (SSSR count). The van der Waals surface area contributed by atoms with Crippen molar-refractivity contribution in [2.24, 2.45) is 0 Å². The topological polar surface area (TPSA) is 32.3 Å². The lowest BCUT2D eigenvalue weighted by Crippen LogP contribution is -2.39. The van der Waals surface area contributed by atoms with Crippen molar-refractivity contribution >= 4 is 11.6 Å². The molecule has 1 aromatic rings. The number of benzene rings is 1. The third-order valence-corrected chi connectivity index (χ3v) is 3.35. The van der Waals surface area contributed by atoms with Gasteiger partial charge in [0.25, 0.3) is 0 Å². The van der Waals surface area contributed by atoms with E-state index in [1.165, 1.54) is 12.1 Å². The van der Waals surface area contributed by atoms with Crippen molar-refractivity contribution in [1.82, 2.24) is 4.90 Å². The summed E-state index contributed by atoms with van der Waals surface area (Å²) in [7, 11) is 0. The van der Waals surface area contributed by atoms with Crippen LogP contribution in [-0.4, -0.2) is 29.9 Å². The van der Waals surface area contributed by atoms with Crippen LogP contribution in [0.4, 0.5) is 10.1 Å². The number of nitrogens with one attached hydrogen (secondary N) is 1. The van der Waals surface area contributed by atoms with Crippen LogP contribution in [-0.2, 0) is 4.79 Å². The van der Waals surface area contributed by atoms with Gasteiger partial charge in [0, 0.05) is 18.8 Å². The van der Waals surface area contributed by atoms with Gasteiger partial charge in [-0.3, -0.25) is 4.79 Å². The second-order valence-corrected chi connectivity index (χ2v) is 4.86. The van der Waals surface area contributed by atoms with Crippen molar-refractivity contribution in [1.29, 1.82) is 0 Å². The summed E-state index contributed by atoms with van der Waals surface area (Å²) in [5.41, 5.74) is 1.63. The van der Waals surface area contributed by atoms with Gasteiger partial charge in [-0.2, -0.15) is 0 Å². The van der Waals surface area contributed by atoms with Crippen molar-refractivity contribution in [3.63, 3.8) is 0 Å². The van der Waals surface area contributed by atoms with Crippen LogP contribution in [0.5, 0.6) is 0 Å². The van der Waals surface area contributed by atoms with Crippen molar-refractivity contribution in [2.75, 3.05) is 18.4 Å². The largest absolute Gasteiger partial charge is 0.374 e. The zero-order valence-electron chi connectivity index (χ0n) is 10.9. The van der Waals surface area contributed by atoms with Crippen LogP contribution in [0, 0.1) is 12.7 Å². The predicted octanol–water partition coefficient (Wildman–Crippen LogP) is 2.56. The third-order valence-electron chi connectivity index (χ3n) is 3.35. The summed E-state index contributed by atoms with van der Waals surface area (Å²) in [5, 5.41) is 3.16. The number of amides is 1. The minimum atomic E-state index is -0.271. The number of aryl methyl sites for hydroxylation is 1. The van der Waals surface area contributed by atoms with Gasteiger partial charge in [0.1, 0.15) is 11.9 Å². The van der Waals surface area contributed by atoms with Crippen molar-refractivity contribution in [3.8, 4) is 0 Å². The maximum absolute atomic E-state index is 13.0. The molecule has 1 heterocycles. The first-order valence-corrected chi connectivity index (χ1v) is 6.39. The first kappa shape index (κ1) is 12.9. The normalized spacial score (nSPS) is 16.7. The fourth-order valence-electron chi connectivity index (χ4n) is 2.30. The van der Waals surface area contributed by atoms with Gasteiger partial charge in [0.2, 0.25) is 5.91 Å². The van der Waals surface area contributed by atoms with Gasteiger partial charge in [-0.25, -0.2) is 4.39 Å². The number of carbonyl (C=O) groups excluding carboxylic acids is 1. The van der Waals surface area contributed by atoms with Gasteiger partial charge in [-0.05, 0) is 50.5 Å².